The van der Waals surface area contributed by atoms with Crippen molar-refractivity contribution in [2.24, 2.45) is 5.41 Å². The lowest BCUT2D eigenvalue weighted by Gasteiger charge is -2.30. The maximum absolute atomic E-state index is 12.6. The lowest BCUT2D eigenvalue weighted by atomic mass is 9.75. The molecule has 3 N–H and O–H groups in total. The van der Waals surface area contributed by atoms with Crippen LogP contribution in [0.1, 0.15) is 41.9 Å². The smallest absolute Gasteiger partial charge is 0.165 e. The van der Waals surface area contributed by atoms with Gasteiger partial charge in [-0.3, -0.25) is 4.79 Å². The molecule has 0 aliphatic heterocycles. The van der Waals surface area contributed by atoms with Gasteiger partial charge in [-0.05, 0) is 30.4 Å². The number of aromatic nitrogens is 3. The molecule has 0 saturated carbocycles. The Bertz CT molecular complexity index is 1030. The van der Waals surface area contributed by atoms with Crippen molar-refractivity contribution in [3.63, 3.8) is 0 Å². The molecule has 128 valence electrons. The lowest BCUT2D eigenvalue weighted by Crippen LogP contribution is -2.28. The highest BCUT2D eigenvalue weighted by Gasteiger charge is 2.34. The maximum Gasteiger partial charge on any atom is 0.165 e. The number of hydrogen-bond donors (Lipinski definition) is 2. The summed E-state index contributed by atoms with van der Waals surface area (Å²) in [5.41, 5.74) is 9.85. The Labute approximate surface area is 145 Å². The summed E-state index contributed by atoms with van der Waals surface area (Å²) in [6.07, 6.45) is 4.68. The quantitative estimate of drug-likeness (QED) is 0.712. The molecule has 0 unspecified atom stereocenters. The molecule has 0 saturated heterocycles. The number of carbonyl (C=O) groups is 1. The molecule has 0 bridgehead atoms. The third kappa shape index (κ3) is 2.36. The fraction of sp³-hybridized carbons (Fsp3) is 0.316. The molecular formula is C19H20N4O2. The highest BCUT2D eigenvalue weighted by atomic mass is 16.3. The van der Waals surface area contributed by atoms with E-state index in [-0.39, 0.29) is 22.8 Å². The Morgan fingerprint density at radius 1 is 1.24 bits per heavy atom. The van der Waals surface area contributed by atoms with E-state index in [0.29, 0.717) is 17.3 Å². The summed E-state index contributed by atoms with van der Waals surface area (Å²) >= 11 is 0. The zero-order chi connectivity index (χ0) is 17.9. The molecule has 0 spiro atoms. The molecule has 3 aromatic rings. The molecule has 25 heavy (non-hydrogen) atoms. The van der Waals surface area contributed by atoms with Crippen LogP contribution in [0.4, 0.5) is 5.82 Å². The second kappa shape index (κ2) is 5.05. The van der Waals surface area contributed by atoms with Crippen molar-refractivity contribution in [1.82, 2.24) is 14.5 Å². The summed E-state index contributed by atoms with van der Waals surface area (Å²) in [6, 6.07) is 3.51. The average Bonchev–Trinajstić information content (AvgIpc) is 2.82. The van der Waals surface area contributed by atoms with Crippen molar-refractivity contribution in [1.29, 1.82) is 0 Å². The number of ketones is 1. The molecule has 0 amide bonds. The normalized spacial score (nSPS) is 16.2. The zero-order valence-corrected chi connectivity index (χ0v) is 14.5. The van der Waals surface area contributed by atoms with Crippen LogP contribution in [0.15, 0.2) is 24.7 Å². The molecular weight excluding hydrogens is 316 g/mol. The summed E-state index contributed by atoms with van der Waals surface area (Å²) in [4.78, 5) is 20.7. The third-order valence-electron chi connectivity index (χ3n) is 4.87. The number of nitrogen functional groups attached to an aromatic ring is 1. The summed E-state index contributed by atoms with van der Waals surface area (Å²) in [6.45, 7) is 6.16. The minimum Gasteiger partial charge on any atom is -0.507 e. The number of carbonyl (C=O) groups excluding carboxylic acids is 1. The summed E-state index contributed by atoms with van der Waals surface area (Å²) in [7, 11) is 0. The highest BCUT2D eigenvalue weighted by Crippen LogP contribution is 2.39. The second-order valence-corrected chi connectivity index (χ2v) is 7.56. The number of Topliss-reactive ketones (excluding diaryl/α,β-unsaturated/α-hetero) is 1. The van der Waals surface area contributed by atoms with Gasteiger partial charge >= 0.3 is 0 Å². The van der Waals surface area contributed by atoms with Gasteiger partial charge in [-0.15, -0.1) is 0 Å². The first-order chi connectivity index (χ1) is 11.8. The van der Waals surface area contributed by atoms with Crippen molar-refractivity contribution in [2.45, 2.75) is 33.6 Å². The monoisotopic (exact) mass is 336 g/mol. The van der Waals surface area contributed by atoms with Gasteiger partial charge in [0.25, 0.3) is 0 Å². The molecule has 1 aromatic carbocycles. The Morgan fingerprint density at radius 2 is 2.00 bits per heavy atom. The zero-order valence-electron chi connectivity index (χ0n) is 14.5. The average molecular weight is 336 g/mol. The molecule has 0 radical (unpaired) electrons. The van der Waals surface area contributed by atoms with Gasteiger partial charge in [0, 0.05) is 29.9 Å². The molecule has 4 rings (SSSR count). The van der Waals surface area contributed by atoms with Gasteiger partial charge in [-0.2, -0.15) is 0 Å². The van der Waals surface area contributed by atoms with E-state index in [1.807, 2.05) is 23.8 Å². The van der Waals surface area contributed by atoms with Crippen LogP contribution in [0.2, 0.25) is 0 Å². The number of benzene rings is 1. The number of nitrogens with two attached hydrogens (primary N) is 1. The lowest BCUT2D eigenvalue weighted by molar-refractivity contribution is 0.0910. The molecule has 0 fully saturated rings. The fourth-order valence-electron chi connectivity index (χ4n) is 3.83. The standard InChI is InChI=1S/C19H20N4O2/c1-10-8-23(13-6-19(2,3)7-15(25)16(10)13)11-4-12-17(14(24)5-11)18(20)22-9-21-12/h4-5,8-9,24H,6-7H2,1-3H3,(H2,20,21,22). The molecule has 2 heterocycles. The van der Waals surface area contributed by atoms with Crippen molar-refractivity contribution in [3.05, 3.63) is 41.5 Å². The number of fused-ring (bicyclic) bond motifs is 2. The topological polar surface area (TPSA) is 94.0 Å². The van der Waals surface area contributed by atoms with Crippen LogP contribution in [0.25, 0.3) is 16.6 Å². The van der Waals surface area contributed by atoms with Crippen LogP contribution in [0.3, 0.4) is 0 Å². The first kappa shape index (κ1) is 15.6. The maximum atomic E-state index is 12.6. The molecule has 6 heteroatoms. The Balaban J connectivity index is 1.97. The van der Waals surface area contributed by atoms with Crippen molar-refractivity contribution >= 4 is 22.5 Å². The van der Waals surface area contributed by atoms with Gasteiger partial charge in [0.2, 0.25) is 0 Å². The van der Waals surface area contributed by atoms with Crippen molar-refractivity contribution in [3.8, 4) is 11.4 Å². The summed E-state index contributed by atoms with van der Waals surface area (Å²) in [5, 5.41) is 10.9. The number of hydrogen-bond acceptors (Lipinski definition) is 5. The molecule has 1 aliphatic rings. The van der Waals surface area contributed by atoms with Gasteiger partial charge < -0.3 is 15.4 Å². The van der Waals surface area contributed by atoms with E-state index in [9.17, 15) is 9.90 Å². The number of aromatic hydroxyl groups is 1. The number of anilines is 1. The van der Waals surface area contributed by atoms with E-state index in [0.717, 1.165) is 28.9 Å². The van der Waals surface area contributed by atoms with E-state index < -0.39 is 0 Å². The number of phenolic OH excluding ortho intramolecular Hbond substituents is 1. The third-order valence-corrected chi connectivity index (χ3v) is 4.87. The van der Waals surface area contributed by atoms with Crippen molar-refractivity contribution in [2.75, 3.05) is 5.73 Å². The van der Waals surface area contributed by atoms with Gasteiger partial charge in [0.15, 0.2) is 5.78 Å². The van der Waals surface area contributed by atoms with Crippen LogP contribution in [0.5, 0.6) is 5.75 Å². The van der Waals surface area contributed by atoms with E-state index in [1.54, 1.807) is 6.07 Å². The summed E-state index contributed by atoms with van der Waals surface area (Å²) in [5.74, 6) is 0.460. The number of nitrogens with zero attached hydrogens (tertiary/aromatic N) is 3. The van der Waals surface area contributed by atoms with Gasteiger partial charge in [-0.1, -0.05) is 13.8 Å². The second-order valence-electron chi connectivity index (χ2n) is 7.56. The van der Waals surface area contributed by atoms with Crippen LogP contribution in [0, 0.1) is 12.3 Å². The number of rotatable bonds is 1. The Kier molecular flexibility index (Phi) is 3.16. The van der Waals surface area contributed by atoms with E-state index >= 15 is 0 Å². The predicted octanol–water partition coefficient (Wildman–Crippen LogP) is 3.17. The van der Waals surface area contributed by atoms with Crippen LogP contribution in [-0.4, -0.2) is 25.4 Å². The van der Waals surface area contributed by atoms with Gasteiger partial charge in [0.05, 0.1) is 16.6 Å². The van der Waals surface area contributed by atoms with Gasteiger partial charge in [0.1, 0.15) is 17.9 Å². The van der Waals surface area contributed by atoms with Crippen LogP contribution >= 0.6 is 0 Å². The highest BCUT2D eigenvalue weighted by molar-refractivity contribution is 6.00. The molecule has 0 atom stereocenters. The van der Waals surface area contributed by atoms with Crippen LogP contribution in [-0.2, 0) is 6.42 Å². The number of phenols is 1. The number of aryl methyl sites for hydroxylation is 1. The summed E-state index contributed by atoms with van der Waals surface area (Å²) < 4.78 is 1.99. The largest absolute Gasteiger partial charge is 0.507 e. The fourth-order valence-corrected chi connectivity index (χ4v) is 3.83. The molecule has 1 aliphatic carbocycles. The SMILES string of the molecule is Cc1cn(-c2cc(O)c3c(N)ncnc3c2)c2c1C(=O)CC(C)(C)C2. The van der Waals surface area contributed by atoms with Crippen molar-refractivity contribution < 1.29 is 9.90 Å². The first-order valence-corrected chi connectivity index (χ1v) is 8.24. The van der Waals surface area contributed by atoms with Crippen LogP contribution < -0.4 is 5.73 Å². The molecule has 2 aromatic heterocycles. The van der Waals surface area contributed by atoms with E-state index in [4.69, 9.17) is 5.73 Å². The minimum atomic E-state index is -0.0852. The van der Waals surface area contributed by atoms with E-state index in [2.05, 4.69) is 23.8 Å². The van der Waals surface area contributed by atoms with E-state index in [1.165, 1.54) is 6.33 Å². The Morgan fingerprint density at radius 3 is 2.76 bits per heavy atom. The minimum absolute atomic E-state index is 0.0344. The Hall–Kier alpha value is -2.89. The first-order valence-electron chi connectivity index (χ1n) is 8.24. The predicted molar refractivity (Wildman–Crippen MR) is 96.1 cm³/mol. The molecule has 6 nitrogen and oxygen atoms in total. The van der Waals surface area contributed by atoms with Gasteiger partial charge in [-0.25, -0.2) is 9.97 Å².